The molecule has 1 atom stereocenters. The van der Waals surface area contributed by atoms with Gasteiger partial charge in [0, 0.05) is 12.0 Å². The molecule has 2 aromatic rings. The molecule has 21 heavy (non-hydrogen) atoms. The number of benzene rings is 1. The minimum Gasteiger partial charge on any atom is -0.461 e. The van der Waals surface area contributed by atoms with Gasteiger partial charge in [-0.05, 0) is 32.3 Å². The molecule has 1 fully saturated rings. The Morgan fingerprint density at radius 2 is 2.29 bits per heavy atom. The van der Waals surface area contributed by atoms with Crippen LogP contribution in [-0.2, 0) is 16.0 Å². The first-order valence-electron chi connectivity index (χ1n) is 7.54. The quantitative estimate of drug-likeness (QED) is 0.812. The van der Waals surface area contributed by atoms with Crippen molar-refractivity contribution in [3.63, 3.8) is 0 Å². The number of carbonyl (C=O) groups is 1. The van der Waals surface area contributed by atoms with Gasteiger partial charge in [-0.3, -0.25) is 4.68 Å². The van der Waals surface area contributed by atoms with Gasteiger partial charge in [-0.1, -0.05) is 18.2 Å². The standard InChI is InChI=1S/C16H20N2O3/c1-2-20-16(19)15-13-8-3-4-9-14(13)18(17-15)11-12-7-5-6-10-21-12/h3-4,8-9,12H,2,5-7,10-11H2,1H3. The van der Waals surface area contributed by atoms with Crippen LogP contribution in [0.15, 0.2) is 24.3 Å². The van der Waals surface area contributed by atoms with E-state index >= 15 is 0 Å². The molecule has 5 nitrogen and oxygen atoms in total. The Morgan fingerprint density at radius 3 is 3.05 bits per heavy atom. The van der Waals surface area contributed by atoms with E-state index in [1.165, 1.54) is 6.42 Å². The van der Waals surface area contributed by atoms with Crippen LogP contribution in [0.25, 0.3) is 10.9 Å². The Balaban J connectivity index is 1.92. The molecular formula is C16H20N2O3. The number of aromatic nitrogens is 2. The Kier molecular flexibility index (Phi) is 4.20. The van der Waals surface area contributed by atoms with Gasteiger partial charge in [0.05, 0.1) is 24.8 Å². The number of hydrogen-bond donors (Lipinski definition) is 0. The maximum atomic E-state index is 12.0. The van der Waals surface area contributed by atoms with Crippen LogP contribution in [0, 0.1) is 0 Å². The Labute approximate surface area is 123 Å². The van der Waals surface area contributed by atoms with Crippen molar-refractivity contribution < 1.29 is 14.3 Å². The van der Waals surface area contributed by atoms with Crippen LogP contribution in [0.1, 0.15) is 36.7 Å². The number of rotatable bonds is 4. The van der Waals surface area contributed by atoms with E-state index in [0.717, 1.165) is 30.4 Å². The monoisotopic (exact) mass is 288 g/mol. The predicted octanol–water partition coefficient (Wildman–Crippen LogP) is 2.78. The van der Waals surface area contributed by atoms with Crippen molar-refractivity contribution in [2.24, 2.45) is 0 Å². The first-order valence-corrected chi connectivity index (χ1v) is 7.54. The number of para-hydroxylation sites is 1. The van der Waals surface area contributed by atoms with E-state index in [4.69, 9.17) is 9.47 Å². The van der Waals surface area contributed by atoms with E-state index in [-0.39, 0.29) is 12.1 Å². The van der Waals surface area contributed by atoms with Crippen molar-refractivity contribution in [3.8, 4) is 0 Å². The molecule has 0 amide bonds. The molecule has 3 rings (SSSR count). The third-order valence-electron chi connectivity index (χ3n) is 3.78. The fourth-order valence-corrected chi connectivity index (χ4v) is 2.76. The van der Waals surface area contributed by atoms with E-state index in [1.54, 1.807) is 6.92 Å². The lowest BCUT2D eigenvalue weighted by molar-refractivity contribution is 0.00456. The molecule has 1 unspecified atom stereocenters. The minimum absolute atomic E-state index is 0.178. The number of ether oxygens (including phenoxy) is 2. The molecule has 1 aliphatic heterocycles. The second kappa shape index (κ2) is 6.26. The summed E-state index contributed by atoms with van der Waals surface area (Å²) < 4.78 is 12.7. The van der Waals surface area contributed by atoms with E-state index in [9.17, 15) is 4.79 Å². The second-order valence-corrected chi connectivity index (χ2v) is 5.26. The van der Waals surface area contributed by atoms with Crippen molar-refractivity contribution in [1.29, 1.82) is 0 Å². The molecule has 0 saturated carbocycles. The van der Waals surface area contributed by atoms with Crippen LogP contribution in [0.3, 0.4) is 0 Å². The lowest BCUT2D eigenvalue weighted by Gasteiger charge is -2.22. The van der Waals surface area contributed by atoms with Crippen molar-refractivity contribution in [1.82, 2.24) is 9.78 Å². The lowest BCUT2D eigenvalue weighted by atomic mass is 10.1. The Hall–Kier alpha value is -1.88. The third-order valence-corrected chi connectivity index (χ3v) is 3.78. The third kappa shape index (κ3) is 2.93. The highest BCUT2D eigenvalue weighted by molar-refractivity contribution is 6.02. The lowest BCUT2D eigenvalue weighted by Crippen LogP contribution is -2.25. The fourth-order valence-electron chi connectivity index (χ4n) is 2.76. The molecule has 1 aromatic heterocycles. The highest BCUT2D eigenvalue weighted by Crippen LogP contribution is 2.22. The molecule has 1 saturated heterocycles. The van der Waals surface area contributed by atoms with Crippen molar-refractivity contribution in [2.45, 2.75) is 38.8 Å². The highest BCUT2D eigenvalue weighted by Gasteiger charge is 2.21. The minimum atomic E-state index is -0.364. The predicted molar refractivity (Wildman–Crippen MR) is 79.3 cm³/mol. The first kappa shape index (κ1) is 14.1. The zero-order chi connectivity index (χ0) is 14.7. The van der Waals surface area contributed by atoms with E-state index in [1.807, 2.05) is 28.9 Å². The molecular weight excluding hydrogens is 268 g/mol. The Morgan fingerprint density at radius 1 is 1.43 bits per heavy atom. The summed E-state index contributed by atoms with van der Waals surface area (Å²) in [6, 6.07) is 7.76. The molecule has 0 aliphatic carbocycles. The van der Waals surface area contributed by atoms with Crippen LogP contribution >= 0.6 is 0 Å². The summed E-state index contributed by atoms with van der Waals surface area (Å²) in [5.41, 5.74) is 1.35. The number of hydrogen-bond acceptors (Lipinski definition) is 4. The average molecular weight is 288 g/mol. The normalized spacial score (nSPS) is 18.8. The number of esters is 1. The number of nitrogens with zero attached hydrogens (tertiary/aromatic N) is 2. The molecule has 0 radical (unpaired) electrons. The van der Waals surface area contributed by atoms with Gasteiger partial charge < -0.3 is 9.47 Å². The largest absolute Gasteiger partial charge is 0.461 e. The van der Waals surface area contributed by atoms with Crippen LogP contribution in [-0.4, -0.2) is 35.1 Å². The van der Waals surface area contributed by atoms with Gasteiger partial charge in [0.1, 0.15) is 0 Å². The average Bonchev–Trinajstić information content (AvgIpc) is 2.88. The van der Waals surface area contributed by atoms with Gasteiger partial charge in [0.2, 0.25) is 0 Å². The van der Waals surface area contributed by atoms with Gasteiger partial charge in [0.25, 0.3) is 0 Å². The number of carbonyl (C=O) groups excluding carboxylic acids is 1. The molecule has 1 aromatic carbocycles. The summed E-state index contributed by atoms with van der Waals surface area (Å²) in [7, 11) is 0. The van der Waals surface area contributed by atoms with E-state index in [2.05, 4.69) is 5.10 Å². The van der Waals surface area contributed by atoms with Crippen molar-refractivity contribution in [2.75, 3.05) is 13.2 Å². The SMILES string of the molecule is CCOC(=O)c1nn(CC2CCCCO2)c2ccccc12. The first-order chi connectivity index (χ1) is 10.3. The highest BCUT2D eigenvalue weighted by atomic mass is 16.5. The summed E-state index contributed by atoms with van der Waals surface area (Å²) in [4.78, 5) is 12.0. The van der Waals surface area contributed by atoms with E-state index < -0.39 is 0 Å². The molecule has 112 valence electrons. The fraction of sp³-hybridized carbons (Fsp3) is 0.500. The second-order valence-electron chi connectivity index (χ2n) is 5.26. The van der Waals surface area contributed by atoms with Gasteiger partial charge in [-0.25, -0.2) is 4.79 Å². The van der Waals surface area contributed by atoms with Crippen molar-refractivity contribution >= 4 is 16.9 Å². The maximum absolute atomic E-state index is 12.0. The molecule has 1 aliphatic rings. The van der Waals surface area contributed by atoms with Gasteiger partial charge >= 0.3 is 5.97 Å². The van der Waals surface area contributed by atoms with Gasteiger partial charge in [0.15, 0.2) is 5.69 Å². The molecule has 0 N–H and O–H groups in total. The summed E-state index contributed by atoms with van der Waals surface area (Å²) >= 11 is 0. The topological polar surface area (TPSA) is 53.3 Å². The zero-order valence-electron chi connectivity index (χ0n) is 12.2. The van der Waals surface area contributed by atoms with Crippen molar-refractivity contribution in [3.05, 3.63) is 30.0 Å². The van der Waals surface area contributed by atoms with Gasteiger partial charge in [-0.2, -0.15) is 5.10 Å². The van der Waals surface area contributed by atoms with E-state index in [0.29, 0.717) is 18.8 Å². The van der Waals surface area contributed by atoms with Crippen LogP contribution in [0.4, 0.5) is 0 Å². The zero-order valence-corrected chi connectivity index (χ0v) is 12.2. The summed E-state index contributed by atoms with van der Waals surface area (Å²) in [5.74, 6) is -0.364. The number of fused-ring (bicyclic) bond motifs is 1. The maximum Gasteiger partial charge on any atom is 0.359 e. The molecule has 0 spiro atoms. The van der Waals surface area contributed by atoms with Crippen LogP contribution in [0.5, 0.6) is 0 Å². The molecule has 5 heteroatoms. The summed E-state index contributed by atoms with van der Waals surface area (Å²) in [6.07, 6.45) is 3.54. The Bertz CT molecular complexity index is 629. The summed E-state index contributed by atoms with van der Waals surface area (Å²) in [5, 5.41) is 5.30. The van der Waals surface area contributed by atoms with Crippen LogP contribution < -0.4 is 0 Å². The summed E-state index contributed by atoms with van der Waals surface area (Å²) in [6.45, 7) is 3.65. The van der Waals surface area contributed by atoms with Crippen LogP contribution in [0.2, 0.25) is 0 Å². The molecule has 2 heterocycles. The molecule has 0 bridgehead atoms. The smallest absolute Gasteiger partial charge is 0.359 e. The van der Waals surface area contributed by atoms with Gasteiger partial charge in [-0.15, -0.1) is 0 Å².